The van der Waals surface area contributed by atoms with Crippen LogP contribution < -0.4 is 36.4 Å². The van der Waals surface area contributed by atoms with E-state index in [0.29, 0.717) is 0 Å². The van der Waals surface area contributed by atoms with Crippen LogP contribution in [0.3, 0.4) is 0 Å². The van der Waals surface area contributed by atoms with E-state index in [2.05, 4.69) is 237 Å². The van der Waals surface area contributed by atoms with Crippen LogP contribution in [0, 0.1) is 6.92 Å². The molecule has 5 nitrogen and oxygen atoms in total. The molecule has 1 saturated carbocycles. The predicted molar refractivity (Wildman–Crippen MR) is 292 cm³/mol. The average Bonchev–Trinajstić information content (AvgIpc) is 3.60. The lowest BCUT2D eigenvalue weighted by atomic mass is 9.28. The Morgan fingerprint density at radius 1 is 0.571 bits per heavy atom. The number of pyridine rings is 1. The van der Waals surface area contributed by atoms with E-state index in [1.807, 2.05) is 6.20 Å². The van der Waals surface area contributed by atoms with Crippen LogP contribution in [0.4, 0.5) is 45.5 Å². The van der Waals surface area contributed by atoms with Crippen LogP contribution in [0.2, 0.25) is 0 Å². The number of allylic oxidation sites excluding steroid dienone is 2. The molecule has 6 heterocycles. The molecule has 0 amide bonds. The third kappa shape index (κ3) is 5.48. The van der Waals surface area contributed by atoms with E-state index >= 15 is 0 Å². The van der Waals surface area contributed by atoms with Gasteiger partial charge in [-0.25, -0.2) is 0 Å². The molecule has 70 heavy (non-hydrogen) atoms. The van der Waals surface area contributed by atoms with Gasteiger partial charge in [-0.15, -0.1) is 0 Å². The van der Waals surface area contributed by atoms with Gasteiger partial charge in [-0.2, -0.15) is 0 Å². The molecule has 4 unspecified atom stereocenters. The highest BCUT2D eigenvalue weighted by molar-refractivity contribution is 7.01. The summed E-state index contributed by atoms with van der Waals surface area (Å²) in [4.78, 5) is 13.2. The fourth-order valence-electron chi connectivity index (χ4n) is 14.3. The van der Waals surface area contributed by atoms with Crippen molar-refractivity contribution in [2.24, 2.45) is 0 Å². The number of dihydropyridines is 1. The van der Waals surface area contributed by atoms with Gasteiger partial charge in [-0.05, 0) is 152 Å². The number of para-hydroxylation sites is 3. The van der Waals surface area contributed by atoms with E-state index < -0.39 is 5.41 Å². The zero-order valence-corrected chi connectivity index (χ0v) is 40.7. The molecule has 6 heteroatoms. The van der Waals surface area contributed by atoms with Gasteiger partial charge in [-0.3, -0.25) is 4.98 Å². The maximum absolute atomic E-state index is 5.08. The molecule has 0 saturated heterocycles. The lowest BCUT2D eigenvalue weighted by molar-refractivity contribution is 0.195. The van der Waals surface area contributed by atoms with Crippen LogP contribution >= 0.6 is 0 Å². The molecule has 14 rings (SSSR count). The minimum Gasteiger partial charge on any atom is -0.380 e. The molecule has 7 aromatic carbocycles. The highest BCUT2D eigenvalue weighted by Crippen LogP contribution is 2.62. The Labute approximate surface area is 412 Å². The summed E-state index contributed by atoms with van der Waals surface area (Å²) < 4.78 is 0. The number of nitrogens with zero attached hydrogens (tertiary/aromatic N) is 4. The second-order valence-corrected chi connectivity index (χ2v) is 21.3. The Morgan fingerprint density at radius 3 is 1.91 bits per heavy atom. The number of hydrogen-bond donors (Lipinski definition) is 1. The molecule has 6 aliphatic rings. The number of fused-ring (bicyclic) bond motifs is 3. The van der Waals surface area contributed by atoms with Crippen molar-refractivity contribution in [2.45, 2.75) is 82.7 Å². The van der Waals surface area contributed by atoms with Gasteiger partial charge >= 0.3 is 0 Å². The van der Waals surface area contributed by atoms with Crippen molar-refractivity contribution >= 4 is 68.6 Å². The summed E-state index contributed by atoms with van der Waals surface area (Å²) >= 11 is 0. The first kappa shape index (κ1) is 41.4. The second-order valence-electron chi connectivity index (χ2n) is 21.3. The second kappa shape index (κ2) is 15.0. The average molecular weight is 906 g/mol. The molecule has 1 aromatic heterocycles. The van der Waals surface area contributed by atoms with Crippen LogP contribution in [0.5, 0.6) is 0 Å². The summed E-state index contributed by atoms with van der Waals surface area (Å²) in [5.74, 6) is 0. The Morgan fingerprint density at radius 2 is 1.19 bits per heavy atom. The first-order valence-electron chi connectivity index (χ1n) is 25.4. The Kier molecular flexibility index (Phi) is 8.86. The van der Waals surface area contributed by atoms with Crippen LogP contribution in [-0.4, -0.2) is 17.2 Å². The minimum absolute atomic E-state index is 0.00287. The molecule has 0 spiro atoms. The largest absolute Gasteiger partial charge is 0.380 e. The standard InChI is InChI=1S/C64H56BN5/c1-41-31-35-66-50(37-41)45-21-9-12-26-52(45)68-55-29-17-24-48-59(55)65-60-49(64(48,5)43-19-7-6-8-20-43)25-18-30-56(60)69(53-27-13-10-22-46(53)51-38-42(2)32-36-67-51)58-40-44(39-57(68)61(58)65)70-54-28-14-11-23-47(54)62(3)33-15-16-34-63(62,70)4/h6-14,17-32,35-40,50,66H,15-16,33-34H2,1-5H3. The quantitative estimate of drug-likeness (QED) is 0.168. The third-order valence-electron chi connectivity index (χ3n) is 17.7. The van der Waals surface area contributed by atoms with Crippen molar-refractivity contribution < 1.29 is 0 Å². The molecule has 0 bridgehead atoms. The Balaban J connectivity index is 1.14. The number of anilines is 8. The zero-order chi connectivity index (χ0) is 47.1. The fourth-order valence-corrected chi connectivity index (χ4v) is 14.3. The lowest BCUT2D eigenvalue weighted by Crippen LogP contribution is -2.67. The first-order valence-corrected chi connectivity index (χ1v) is 25.4. The SMILES string of the molecule is CC1=CC(c2ccccc2N2c3cc(N4c5ccccc5C5(C)CCCCC45C)cc4c3B3c5c(cccc5C(C)(c5ccccc5)c5cccc2c53)N4c2ccccc2-c2cc(C)ccn2)NC=C1. The zero-order valence-electron chi connectivity index (χ0n) is 40.7. The van der Waals surface area contributed by atoms with Gasteiger partial charge in [0.1, 0.15) is 0 Å². The summed E-state index contributed by atoms with van der Waals surface area (Å²) in [6.07, 6.45) is 13.4. The summed E-state index contributed by atoms with van der Waals surface area (Å²) in [5, 5.41) is 3.76. The molecule has 1 aliphatic carbocycles. The molecule has 5 aliphatic heterocycles. The normalized spacial score (nSPS) is 23.0. The van der Waals surface area contributed by atoms with Gasteiger partial charge in [0.2, 0.25) is 0 Å². The van der Waals surface area contributed by atoms with E-state index in [4.69, 9.17) is 4.98 Å². The van der Waals surface area contributed by atoms with Crippen molar-refractivity contribution in [3.8, 4) is 11.3 Å². The van der Waals surface area contributed by atoms with Crippen LogP contribution in [0.1, 0.15) is 92.8 Å². The molecule has 340 valence electrons. The number of aryl methyl sites for hydroxylation is 1. The van der Waals surface area contributed by atoms with Crippen LogP contribution in [0.25, 0.3) is 11.3 Å². The van der Waals surface area contributed by atoms with Crippen molar-refractivity contribution in [1.29, 1.82) is 0 Å². The molecule has 0 radical (unpaired) electrons. The summed E-state index contributed by atoms with van der Waals surface area (Å²) in [7, 11) is 0. The summed E-state index contributed by atoms with van der Waals surface area (Å²) in [6, 6.07) is 62.5. The minimum atomic E-state index is -0.452. The topological polar surface area (TPSA) is 34.6 Å². The van der Waals surface area contributed by atoms with E-state index in [1.54, 1.807) is 0 Å². The first-order chi connectivity index (χ1) is 34.2. The molecule has 4 atom stereocenters. The van der Waals surface area contributed by atoms with Crippen molar-refractivity contribution in [3.63, 3.8) is 0 Å². The van der Waals surface area contributed by atoms with Gasteiger partial charge in [0, 0.05) is 62.3 Å². The number of benzene rings is 7. The van der Waals surface area contributed by atoms with Gasteiger partial charge < -0.3 is 20.0 Å². The van der Waals surface area contributed by atoms with E-state index in [9.17, 15) is 0 Å². The number of hydrogen-bond acceptors (Lipinski definition) is 5. The Hall–Kier alpha value is -7.57. The molecule has 1 N–H and O–H groups in total. The highest BCUT2D eigenvalue weighted by atomic mass is 15.3. The smallest absolute Gasteiger partial charge is 0.252 e. The number of nitrogens with one attached hydrogen (secondary N) is 1. The Bertz CT molecular complexity index is 3560. The highest BCUT2D eigenvalue weighted by Gasteiger charge is 2.59. The lowest BCUT2D eigenvalue weighted by Gasteiger charge is -2.53. The molecule has 8 aromatic rings. The summed E-state index contributed by atoms with van der Waals surface area (Å²) in [5.41, 5.74) is 24.5. The maximum Gasteiger partial charge on any atom is 0.252 e. The maximum atomic E-state index is 5.08. The fraction of sp³-hybridized carbons (Fsp3) is 0.203. The van der Waals surface area contributed by atoms with Crippen molar-refractivity contribution in [2.75, 3.05) is 14.7 Å². The van der Waals surface area contributed by atoms with Crippen molar-refractivity contribution in [1.82, 2.24) is 10.3 Å². The molecular formula is C64H56BN5. The third-order valence-corrected chi connectivity index (χ3v) is 17.7. The van der Waals surface area contributed by atoms with Crippen LogP contribution in [0.15, 0.2) is 194 Å². The van der Waals surface area contributed by atoms with E-state index in [-0.39, 0.29) is 23.7 Å². The predicted octanol–water partition coefficient (Wildman–Crippen LogP) is 13.7. The number of rotatable bonds is 6. The van der Waals surface area contributed by atoms with Gasteiger partial charge in [0.25, 0.3) is 6.71 Å². The van der Waals surface area contributed by atoms with Gasteiger partial charge in [-0.1, -0.05) is 141 Å². The van der Waals surface area contributed by atoms with E-state index in [1.165, 1.54) is 114 Å². The summed E-state index contributed by atoms with van der Waals surface area (Å²) in [6.45, 7) is 11.9. The van der Waals surface area contributed by atoms with Crippen molar-refractivity contribution in [3.05, 3.63) is 227 Å². The monoisotopic (exact) mass is 905 g/mol. The van der Waals surface area contributed by atoms with Crippen LogP contribution in [-0.2, 0) is 10.8 Å². The number of aromatic nitrogens is 1. The molecular weight excluding hydrogens is 850 g/mol. The van der Waals surface area contributed by atoms with Gasteiger partial charge in [0.15, 0.2) is 0 Å². The molecule has 1 fully saturated rings. The van der Waals surface area contributed by atoms with E-state index in [0.717, 1.165) is 23.4 Å². The van der Waals surface area contributed by atoms with Gasteiger partial charge in [0.05, 0.1) is 28.6 Å².